The van der Waals surface area contributed by atoms with Gasteiger partial charge in [-0.1, -0.05) is 19.9 Å². The van der Waals surface area contributed by atoms with Crippen molar-refractivity contribution in [1.29, 1.82) is 0 Å². The van der Waals surface area contributed by atoms with Crippen molar-refractivity contribution in [2.24, 2.45) is 10.9 Å². The van der Waals surface area contributed by atoms with Crippen LogP contribution in [0.25, 0.3) is 0 Å². The zero-order chi connectivity index (χ0) is 7.11. The van der Waals surface area contributed by atoms with Gasteiger partial charge in [0.15, 0.2) is 0 Å². The van der Waals surface area contributed by atoms with Crippen LogP contribution in [0.4, 0.5) is 0 Å². The van der Waals surface area contributed by atoms with Gasteiger partial charge in [0, 0.05) is 12.8 Å². The highest BCUT2D eigenvalue weighted by molar-refractivity contribution is 5.70. The third-order valence-corrected chi connectivity index (χ3v) is 0.854. The zero-order valence-corrected chi connectivity index (χ0v) is 6.46. The molecule has 0 N–H and O–H groups in total. The third-order valence-electron chi connectivity index (χ3n) is 0.854. The molecule has 0 radical (unpaired) electrons. The minimum atomic E-state index is 0.673. The van der Waals surface area contributed by atoms with Crippen molar-refractivity contribution in [3.05, 3.63) is 12.2 Å². The number of hydrogen-bond donors (Lipinski definition) is 0. The van der Waals surface area contributed by atoms with Crippen LogP contribution >= 0.6 is 0 Å². The Hall–Kier alpha value is -0.590. The van der Waals surface area contributed by atoms with Gasteiger partial charge in [-0.05, 0) is 18.9 Å². The molecule has 0 amide bonds. The molecular weight excluding hydrogens is 110 g/mol. The molecule has 0 unspecified atom stereocenters. The Morgan fingerprint density at radius 1 is 1.44 bits per heavy atom. The number of hydrogen-bond acceptors (Lipinski definition) is 1. The molecule has 0 aromatic rings. The molecule has 52 valence electrons. The van der Waals surface area contributed by atoms with Crippen molar-refractivity contribution in [2.75, 3.05) is 6.54 Å². The zero-order valence-electron chi connectivity index (χ0n) is 6.46. The van der Waals surface area contributed by atoms with Crippen LogP contribution in [-0.2, 0) is 0 Å². The normalized spacial score (nSPS) is 12.4. The highest BCUT2D eigenvalue weighted by Crippen LogP contribution is 1.89. The van der Waals surface area contributed by atoms with Crippen LogP contribution in [-0.4, -0.2) is 12.8 Å². The lowest BCUT2D eigenvalue weighted by Gasteiger charge is -1.94. The summed E-state index contributed by atoms with van der Waals surface area (Å²) in [5.41, 5.74) is 0. The van der Waals surface area contributed by atoms with Crippen LogP contribution in [0.2, 0.25) is 0 Å². The van der Waals surface area contributed by atoms with E-state index in [4.69, 9.17) is 0 Å². The molecule has 1 heteroatoms. The molecular formula is C8H15N. The average molecular weight is 125 g/mol. The van der Waals surface area contributed by atoms with Gasteiger partial charge < -0.3 is 0 Å². The topological polar surface area (TPSA) is 12.4 Å². The average Bonchev–Trinajstić information content (AvgIpc) is 1.80. The van der Waals surface area contributed by atoms with Gasteiger partial charge in [-0.2, -0.15) is 0 Å². The standard InChI is InChI=1S/C8H15N/c1-4-5-6-9-7-8(2)3/h4-6,8H,7H2,1-3H3. The van der Waals surface area contributed by atoms with Crippen LogP contribution in [0.3, 0.4) is 0 Å². The molecule has 0 saturated carbocycles. The Labute approximate surface area is 57.5 Å². The fourth-order valence-corrected chi connectivity index (χ4v) is 0.419. The Morgan fingerprint density at radius 2 is 2.11 bits per heavy atom. The van der Waals surface area contributed by atoms with Gasteiger partial charge in [-0.3, -0.25) is 4.99 Å². The van der Waals surface area contributed by atoms with E-state index in [1.807, 2.05) is 25.3 Å². The lowest BCUT2D eigenvalue weighted by atomic mass is 10.2. The van der Waals surface area contributed by atoms with Gasteiger partial charge in [-0.15, -0.1) is 0 Å². The Morgan fingerprint density at radius 3 is 2.56 bits per heavy atom. The van der Waals surface area contributed by atoms with E-state index in [9.17, 15) is 0 Å². The monoisotopic (exact) mass is 125 g/mol. The summed E-state index contributed by atoms with van der Waals surface area (Å²) in [5, 5.41) is 0. The van der Waals surface area contributed by atoms with E-state index in [2.05, 4.69) is 18.8 Å². The first-order valence-electron chi connectivity index (χ1n) is 3.38. The van der Waals surface area contributed by atoms with Crippen molar-refractivity contribution in [3.8, 4) is 0 Å². The van der Waals surface area contributed by atoms with Gasteiger partial charge in [0.1, 0.15) is 0 Å². The maximum absolute atomic E-state index is 4.15. The molecule has 9 heavy (non-hydrogen) atoms. The van der Waals surface area contributed by atoms with Crippen LogP contribution in [0.5, 0.6) is 0 Å². The van der Waals surface area contributed by atoms with E-state index in [-0.39, 0.29) is 0 Å². The SMILES string of the molecule is CC=CC=NCC(C)C. The van der Waals surface area contributed by atoms with Gasteiger partial charge in [0.25, 0.3) is 0 Å². The van der Waals surface area contributed by atoms with Crippen LogP contribution in [0.15, 0.2) is 17.1 Å². The molecule has 0 atom stereocenters. The van der Waals surface area contributed by atoms with E-state index >= 15 is 0 Å². The van der Waals surface area contributed by atoms with Crippen molar-refractivity contribution in [3.63, 3.8) is 0 Å². The molecule has 0 fully saturated rings. The Balaban J connectivity index is 3.25. The van der Waals surface area contributed by atoms with E-state index < -0.39 is 0 Å². The van der Waals surface area contributed by atoms with Crippen molar-refractivity contribution >= 4 is 6.21 Å². The summed E-state index contributed by atoms with van der Waals surface area (Å²) in [4.78, 5) is 4.15. The first-order chi connectivity index (χ1) is 4.27. The summed E-state index contributed by atoms with van der Waals surface area (Å²) < 4.78 is 0. The molecule has 0 bridgehead atoms. The van der Waals surface area contributed by atoms with E-state index in [1.54, 1.807) is 0 Å². The third kappa shape index (κ3) is 7.41. The van der Waals surface area contributed by atoms with Crippen LogP contribution in [0, 0.1) is 5.92 Å². The molecule has 0 aliphatic carbocycles. The number of rotatable bonds is 3. The number of aliphatic imine (C=N–C) groups is 1. The molecule has 0 saturated heterocycles. The highest BCUT2D eigenvalue weighted by atomic mass is 14.7. The van der Waals surface area contributed by atoms with Gasteiger partial charge in [0.05, 0.1) is 0 Å². The maximum atomic E-state index is 4.15. The number of allylic oxidation sites excluding steroid dienone is 2. The first-order valence-corrected chi connectivity index (χ1v) is 3.38. The second kappa shape index (κ2) is 5.54. The minimum absolute atomic E-state index is 0.673. The molecule has 0 aliphatic heterocycles. The second-order valence-electron chi connectivity index (χ2n) is 2.43. The summed E-state index contributed by atoms with van der Waals surface area (Å²) >= 11 is 0. The van der Waals surface area contributed by atoms with Crippen LogP contribution < -0.4 is 0 Å². The molecule has 0 spiro atoms. The van der Waals surface area contributed by atoms with Gasteiger partial charge in [-0.25, -0.2) is 0 Å². The largest absolute Gasteiger partial charge is 0.293 e. The second-order valence-corrected chi connectivity index (χ2v) is 2.43. The fourth-order valence-electron chi connectivity index (χ4n) is 0.419. The molecule has 1 nitrogen and oxygen atoms in total. The quantitative estimate of drug-likeness (QED) is 0.513. The smallest absolute Gasteiger partial charge is 0.0412 e. The summed E-state index contributed by atoms with van der Waals surface area (Å²) in [5.74, 6) is 0.673. The Bertz CT molecular complexity index is 101. The summed E-state index contributed by atoms with van der Waals surface area (Å²) in [6.45, 7) is 7.24. The van der Waals surface area contributed by atoms with Crippen molar-refractivity contribution in [2.45, 2.75) is 20.8 Å². The number of nitrogens with zero attached hydrogens (tertiary/aromatic N) is 1. The Kier molecular flexibility index (Phi) is 5.18. The van der Waals surface area contributed by atoms with Gasteiger partial charge >= 0.3 is 0 Å². The molecule has 0 aromatic carbocycles. The first kappa shape index (κ1) is 8.41. The maximum Gasteiger partial charge on any atom is 0.0412 e. The van der Waals surface area contributed by atoms with E-state index in [0.29, 0.717) is 5.92 Å². The minimum Gasteiger partial charge on any atom is -0.293 e. The van der Waals surface area contributed by atoms with Crippen LogP contribution in [0.1, 0.15) is 20.8 Å². The summed E-state index contributed by atoms with van der Waals surface area (Å²) in [6.07, 6.45) is 5.77. The van der Waals surface area contributed by atoms with E-state index in [1.165, 1.54) is 0 Å². The van der Waals surface area contributed by atoms with E-state index in [0.717, 1.165) is 6.54 Å². The molecule has 0 heterocycles. The fraction of sp³-hybridized carbons (Fsp3) is 0.625. The molecule has 0 aliphatic rings. The highest BCUT2D eigenvalue weighted by Gasteiger charge is 1.85. The molecule has 0 aromatic heterocycles. The van der Waals surface area contributed by atoms with Crippen molar-refractivity contribution in [1.82, 2.24) is 0 Å². The predicted molar refractivity (Wildman–Crippen MR) is 43.0 cm³/mol. The predicted octanol–water partition coefficient (Wildman–Crippen LogP) is 2.29. The van der Waals surface area contributed by atoms with Crippen molar-refractivity contribution < 1.29 is 0 Å². The molecule has 0 rings (SSSR count). The lowest BCUT2D eigenvalue weighted by molar-refractivity contribution is 0.667. The summed E-state index contributed by atoms with van der Waals surface area (Å²) in [6, 6.07) is 0. The lowest BCUT2D eigenvalue weighted by Crippen LogP contribution is -1.90. The summed E-state index contributed by atoms with van der Waals surface area (Å²) in [7, 11) is 0. The van der Waals surface area contributed by atoms with Gasteiger partial charge in [0.2, 0.25) is 0 Å².